The number of fused-ring (bicyclic) bond motifs is 2. The van der Waals surface area contributed by atoms with E-state index in [0.717, 1.165) is 10.7 Å². The highest BCUT2D eigenvalue weighted by Crippen LogP contribution is 2.41. The van der Waals surface area contributed by atoms with Crippen LogP contribution in [-0.4, -0.2) is 10.7 Å². The molecule has 4 aromatic rings. The molecule has 0 aliphatic rings. The number of hydrogen-bond donors (Lipinski definition) is 0. The minimum absolute atomic E-state index is 0.395. The average Bonchev–Trinajstić information content (AvgIpc) is 2.71. The van der Waals surface area contributed by atoms with E-state index < -0.39 is 0 Å². The van der Waals surface area contributed by atoms with Gasteiger partial charge in [0.1, 0.15) is 0 Å². The Bertz CT molecular complexity index is 942. The highest BCUT2D eigenvalue weighted by Gasteiger charge is 2.25. The molecule has 4 aromatic carbocycles. The van der Waals surface area contributed by atoms with Crippen LogP contribution in [0.2, 0.25) is 0 Å². The van der Waals surface area contributed by atoms with Gasteiger partial charge < -0.3 is 0 Å². The molecule has 0 spiro atoms. The fourth-order valence-corrected chi connectivity index (χ4v) is 5.56. The zero-order valence-electron chi connectivity index (χ0n) is 14.4. The largest absolute Gasteiger partial charge is 0.0921 e. The third-order valence-corrected chi connectivity index (χ3v) is 6.66. The van der Waals surface area contributed by atoms with E-state index in [9.17, 15) is 0 Å². The lowest BCUT2D eigenvalue weighted by molar-refractivity contribution is 0.655. The molecule has 0 aliphatic carbocycles. The van der Waals surface area contributed by atoms with Crippen LogP contribution in [0, 0.1) is 0 Å². The fraction of sp³-hybridized carbons (Fsp3) is 0.167. The molecule has 4 rings (SSSR count). The summed E-state index contributed by atoms with van der Waals surface area (Å²) in [6, 6.07) is 30.7. The monoisotopic (exact) mass is 466 g/mol. The quantitative estimate of drug-likeness (QED) is 0.264. The normalized spacial score (nSPS) is 13.8. The van der Waals surface area contributed by atoms with Crippen LogP contribution in [0.15, 0.2) is 84.9 Å². The van der Waals surface area contributed by atoms with Crippen molar-refractivity contribution in [2.24, 2.45) is 0 Å². The molecule has 0 aromatic heterocycles. The molecule has 26 heavy (non-hydrogen) atoms. The Morgan fingerprint density at radius 3 is 1.31 bits per heavy atom. The van der Waals surface area contributed by atoms with Gasteiger partial charge in [-0.05, 0) is 32.7 Å². The molecule has 0 saturated carbocycles. The van der Waals surface area contributed by atoms with Crippen LogP contribution in [0.1, 0.15) is 23.0 Å². The molecule has 0 nitrogen and oxygen atoms in total. The van der Waals surface area contributed by atoms with Gasteiger partial charge in [0.25, 0.3) is 0 Å². The van der Waals surface area contributed by atoms with Gasteiger partial charge in [-0.1, -0.05) is 117 Å². The Kier molecular flexibility index (Phi) is 5.42. The maximum absolute atomic E-state index is 3.82. The summed E-state index contributed by atoms with van der Waals surface area (Å²) < 4.78 is 0. The Balaban J connectivity index is 1.88. The van der Waals surface area contributed by atoms with Crippen LogP contribution in [0.25, 0.3) is 21.5 Å². The van der Waals surface area contributed by atoms with Gasteiger partial charge in [0, 0.05) is 22.5 Å². The second kappa shape index (κ2) is 7.94. The van der Waals surface area contributed by atoms with Crippen LogP contribution in [-0.2, 0) is 0 Å². The molecular formula is C24H20Br2. The van der Waals surface area contributed by atoms with Crippen molar-refractivity contribution in [3.05, 3.63) is 96.1 Å². The summed E-state index contributed by atoms with van der Waals surface area (Å²) >= 11 is 7.64. The molecule has 0 fully saturated rings. The second-order valence-electron chi connectivity index (χ2n) is 6.66. The molecule has 0 radical (unpaired) electrons. The minimum Gasteiger partial charge on any atom is -0.0921 e. The summed E-state index contributed by atoms with van der Waals surface area (Å²) in [6.45, 7) is 0. The van der Waals surface area contributed by atoms with Crippen LogP contribution in [0.5, 0.6) is 0 Å². The van der Waals surface area contributed by atoms with E-state index in [1.807, 2.05) is 0 Å². The number of hydrogen-bond acceptors (Lipinski definition) is 0. The molecule has 0 amide bonds. The molecule has 2 heteroatoms. The first kappa shape index (κ1) is 17.8. The average molecular weight is 468 g/mol. The zero-order chi connectivity index (χ0) is 17.9. The van der Waals surface area contributed by atoms with E-state index in [2.05, 4.69) is 117 Å². The first-order valence-corrected chi connectivity index (χ1v) is 11.1. The van der Waals surface area contributed by atoms with Gasteiger partial charge in [-0.25, -0.2) is 0 Å². The van der Waals surface area contributed by atoms with E-state index in [1.165, 1.54) is 32.7 Å². The smallest absolute Gasteiger partial charge is 0.0107 e. The van der Waals surface area contributed by atoms with E-state index in [4.69, 9.17) is 0 Å². The highest BCUT2D eigenvalue weighted by molar-refractivity contribution is 9.09. The number of alkyl halides is 2. The molecule has 0 N–H and O–H groups in total. The van der Waals surface area contributed by atoms with Crippen LogP contribution >= 0.6 is 31.9 Å². The molecule has 0 saturated heterocycles. The lowest BCUT2D eigenvalue weighted by Gasteiger charge is -2.27. The maximum atomic E-state index is 3.82. The molecule has 0 heterocycles. The third kappa shape index (κ3) is 3.21. The summed E-state index contributed by atoms with van der Waals surface area (Å²) in [5, 5.41) is 7.18. The van der Waals surface area contributed by atoms with Crippen molar-refractivity contribution in [2.45, 2.75) is 11.8 Å². The predicted octanol–water partition coefficient (Wildman–Crippen LogP) is 7.65. The van der Waals surface area contributed by atoms with Gasteiger partial charge in [0.05, 0.1) is 0 Å². The van der Waals surface area contributed by atoms with Gasteiger partial charge in [-0.2, -0.15) is 0 Å². The van der Waals surface area contributed by atoms with Crippen molar-refractivity contribution in [3.8, 4) is 0 Å². The lowest BCUT2D eigenvalue weighted by Crippen LogP contribution is -2.15. The number of halogens is 2. The van der Waals surface area contributed by atoms with Crippen molar-refractivity contribution < 1.29 is 0 Å². The summed E-state index contributed by atoms with van der Waals surface area (Å²) in [7, 11) is 0. The van der Waals surface area contributed by atoms with Crippen LogP contribution < -0.4 is 0 Å². The molecule has 0 bridgehead atoms. The van der Waals surface area contributed by atoms with Crippen molar-refractivity contribution in [3.63, 3.8) is 0 Å². The fourth-order valence-electron chi connectivity index (χ4n) is 3.96. The standard InChI is InChI=1S/C24H20Br2/c25-15-23(21-13-5-9-17-7-1-3-11-19(17)21)24(16-26)22-14-6-10-18-8-2-4-12-20(18)22/h1-14,23-24H,15-16H2. The van der Waals surface area contributed by atoms with Gasteiger partial charge >= 0.3 is 0 Å². The number of rotatable bonds is 5. The maximum Gasteiger partial charge on any atom is 0.0107 e. The Hall–Kier alpha value is -1.64. The summed E-state index contributed by atoms with van der Waals surface area (Å²) in [5.74, 6) is 0.789. The molecule has 130 valence electrons. The Morgan fingerprint density at radius 2 is 0.885 bits per heavy atom. The summed E-state index contributed by atoms with van der Waals surface area (Å²) in [6.07, 6.45) is 0. The van der Waals surface area contributed by atoms with E-state index in [0.29, 0.717) is 11.8 Å². The zero-order valence-corrected chi connectivity index (χ0v) is 17.6. The van der Waals surface area contributed by atoms with Crippen molar-refractivity contribution in [2.75, 3.05) is 10.7 Å². The van der Waals surface area contributed by atoms with Gasteiger partial charge in [0.2, 0.25) is 0 Å². The molecule has 2 atom stereocenters. The van der Waals surface area contributed by atoms with Crippen molar-refractivity contribution >= 4 is 53.4 Å². The predicted molar refractivity (Wildman–Crippen MR) is 121 cm³/mol. The molecule has 2 unspecified atom stereocenters. The summed E-state index contributed by atoms with van der Waals surface area (Å²) in [4.78, 5) is 0. The minimum atomic E-state index is 0.395. The third-order valence-electron chi connectivity index (χ3n) is 5.26. The van der Waals surface area contributed by atoms with Gasteiger partial charge in [-0.3, -0.25) is 0 Å². The van der Waals surface area contributed by atoms with Gasteiger partial charge in [-0.15, -0.1) is 0 Å². The molecular weight excluding hydrogens is 448 g/mol. The number of benzene rings is 4. The van der Waals surface area contributed by atoms with E-state index >= 15 is 0 Å². The second-order valence-corrected chi connectivity index (χ2v) is 7.95. The molecule has 0 aliphatic heterocycles. The highest BCUT2D eigenvalue weighted by atomic mass is 79.9. The SMILES string of the molecule is BrCC(c1cccc2ccccc12)C(CBr)c1cccc2ccccc12. The van der Waals surface area contributed by atoms with Crippen molar-refractivity contribution in [1.82, 2.24) is 0 Å². The van der Waals surface area contributed by atoms with Crippen LogP contribution in [0.3, 0.4) is 0 Å². The van der Waals surface area contributed by atoms with Crippen molar-refractivity contribution in [1.29, 1.82) is 0 Å². The summed E-state index contributed by atoms with van der Waals surface area (Å²) in [5.41, 5.74) is 2.83. The first-order chi connectivity index (χ1) is 12.8. The van der Waals surface area contributed by atoms with E-state index in [-0.39, 0.29) is 0 Å². The topological polar surface area (TPSA) is 0 Å². The van der Waals surface area contributed by atoms with E-state index in [1.54, 1.807) is 0 Å². The lowest BCUT2D eigenvalue weighted by atomic mass is 9.80. The Labute approximate surface area is 171 Å². The Morgan fingerprint density at radius 1 is 0.500 bits per heavy atom. The van der Waals surface area contributed by atoms with Crippen LogP contribution in [0.4, 0.5) is 0 Å². The van der Waals surface area contributed by atoms with Gasteiger partial charge in [0.15, 0.2) is 0 Å². The first-order valence-electron chi connectivity index (χ1n) is 8.90.